The number of hydrogen-bond donors (Lipinski definition) is 2. The van der Waals surface area contributed by atoms with E-state index in [0.717, 1.165) is 5.56 Å². The van der Waals surface area contributed by atoms with Crippen LogP contribution in [0.4, 0.5) is 10.5 Å². The molecule has 2 N–H and O–H groups in total. The lowest BCUT2D eigenvalue weighted by Gasteiger charge is -2.28. The molecule has 0 aliphatic carbocycles. The zero-order valence-electron chi connectivity index (χ0n) is 19.1. The predicted octanol–water partition coefficient (Wildman–Crippen LogP) is 4.64. The van der Waals surface area contributed by atoms with E-state index in [-0.39, 0.29) is 29.4 Å². The van der Waals surface area contributed by atoms with Gasteiger partial charge in [-0.25, -0.2) is 17.9 Å². The molecule has 186 valence electrons. The van der Waals surface area contributed by atoms with Gasteiger partial charge >= 0.3 is 13.6 Å². The lowest BCUT2D eigenvalue weighted by Crippen LogP contribution is -2.41. The molecular weight excluding hydrogens is 485 g/mol. The minimum atomic E-state index is -4.22. The normalized spacial score (nSPS) is 12.7. The smallest absolute Gasteiger partial charge is 0.319 e. The van der Waals surface area contributed by atoms with Crippen LogP contribution < -0.4 is 10.0 Å². The van der Waals surface area contributed by atoms with Crippen LogP contribution in [0.1, 0.15) is 43.6 Å². The maximum Gasteiger partial charge on any atom is 0.357 e. The van der Waals surface area contributed by atoms with Gasteiger partial charge in [-0.05, 0) is 49.6 Å². The number of carbonyl (C=O) groups is 1. The van der Waals surface area contributed by atoms with Gasteiger partial charge in [0.15, 0.2) is 5.78 Å². The molecule has 2 aromatic rings. The van der Waals surface area contributed by atoms with E-state index in [1.54, 1.807) is 32.9 Å². The second kappa shape index (κ2) is 12.1. The van der Waals surface area contributed by atoms with Gasteiger partial charge in [0.25, 0.3) is 15.7 Å². The summed E-state index contributed by atoms with van der Waals surface area (Å²) < 4.78 is 51.8. The van der Waals surface area contributed by atoms with Gasteiger partial charge in [-0.2, -0.15) is 0 Å². The summed E-state index contributed by atoms with van der Waals surface area (Å²) in [5.74, 6) is -1.42. The number of urea groups is 1. The lowest BCUT2D eigenvalue weighted by molar-refractivity contribution is -0.384. The lowest BCUT2D eigenvalue weighted by atomic mass is 10.2. The van der Waals surface area contributed by atoms with Crippen LogP contribution in [0.25, 0.3) is 0 Å². The number of sulfonamides is 1. The number of rotatable bonds is 12. The Balaban J connectivity index is 2.39. The molecule has 2 rings (SSSR count). The molecule has 13 heteroatoms. The molecule has 0 fully saturated rings. The van der Waals surface area contributed by atoms with E-state index in [4.69, 9.17) is 9.05 Å². The van der Waals surface area contributed by atoms with Crippen molar-refractivity contribution < 1.29 is 31.7 Å². The molecule has 1 atom stereocenters. The molecule has 0 saturated carbocycles. The fourth-order valence-electron chi connectivity index (χ4n) is 2.80. The van der Waals surface area contributed by atoms with Crippen LogP contribution in [0.15, 0.2) is 53.4 Å². The fraction of sp³-hybridized carbons (Fsp3) is 0.381. The number of aryl methyl sites for hydroxylation is 1. The van der Waals surface area contributed by atoms with Crippen molar-refractivity contribution in [1.29, 1.82) is 0 Å². The predicted molar refractivity (Wildman–Crippen MR) is 126 cm³/mol. The van der Waals surface area contributed by atoms with Crippen molar-refractivity contribution in [3.05, 3.63) is 69.8 Å². The molecule has 0 aliphatic rings. The highest BCUT2D eigenvalue weighted by molar-refractivity contribution is 7.90. The molecule has 2 aromatic carbocycles. The maximum atomic E-state index is 13.7. The third-order valence-corrected chi connectivity index (χ3v) is 8.00. The van der Waals surface area contributed by atoms with Gasteiger partial charge in [0.05, 0.1) is 23.0 Å². The number of non-ortho nitro benzene ring substituents is 1. The molecule has 0 aliphatic heterocycles. The average molecular weight is 514 g/mol. The number of nitrogens with one attached hydrogen (secondary N) is 2. The van der Waals surface area contributed by atoms with E-state index in [9.17, 15) is 27.9 Å². The van der Waals surface area contributed by atoms with Gasteiger partial charge in [0, 0.05) is 12.1 Å². The Kier molecular flexibility index (Phi) is 9.75. The zero-order valence-corrected chi connectivity index (χ0v) is 20.8. The largest absolute Gasteiger partial charge is 0.357 e. The van der Waals surface area contributed by atoms with Crippen molar-refractivity contribution in [3.8, 4) is 0 Å². The molecule has 0 heterocycles. The molecule has 1 unspecified atom stereocenters. The van der Waals surface area contributed by atoms with Crippen molar-refractivity contribution in [3.63, 3.8) is 0 Å². The summed E-state index contributed by atoms with van der Waals surface area (Å²) in [7, 11) is -8.28. The second-order valence-corrected chi connectivity index (χ2v) is 11.1. The van der Waals surface area contributed by atoms with Gasteiger partial charge in [0.2, 0.25) is 0 Å². The summed E-state index contributed by atoms with van der Waals surface area (Å²) >= 11 is 0. The van der Waals surface area contributed by atoms with Gasteiger partial charge in [-0.3, -0.25) is 14.7 Å². The van der Waals surface area contributed by atoms with Crippen LogP contribution in [0.2, 0.25) is 0 Å². The van der Waals surface area contributed by atoms with E-state index in [1.807, 2.05) is 4.72 Å². The summed E-state index contributed by atoms with van der Waals surface area (Å²) in [4.78, 5) is 23.0. The van der Waals surface area contributed by atoms with Crippen molar-refractivity contribution >= 4 is 29.3 Å². The quantitative estimate of drug-likeness (QED) is 0.236. The van der Waals surface area contributed by atoms with Crippen LogP contribution in [-0.4, -0.2) is 32.6 Å². The first-order chi connectivity index (χ1) is 16.0. The van der Waals surface area contributed by atoms with Gasteiger partial charge in [-0.1, -0.05) is 31.5 Å². The fourth-order valence-corrected chi connectivity index (χ4v) is 5.77. The highest BCUT2D eigenvalue weighted by Gasteiger charge is 2.39. The molecule has 0 aromatic heterocycles. The molecule has 34 heavy (non-hydrogen) atoms. The Hall–Kier alpha value is -2.79. The van der Waals surface area contributed by atoms with E-state index in [2.05, 4.69) is 5.32 Å². The Labute approximate surface area is 198 Å². The van der Waals surface area contributed by atoms with Gasteiger partial charge in [0.1, 0.15) is 0 Å². The van der Waals surface area contributed by atoms with Gasteiger partial charge < -0.3 is 14.4 Å². The van der Waals surface area contributed by atoms with Crippen molar-refractivity contribution in [2.45, 2.75) is 44.3 Å². The monoisotopic (exact) mass is 513 g/mol. The first kappa shape index (κ1) is 27.5. The van der Waals surface area contributed by atoms with Crippen LogP contribution >= 0.6 is 7.60 Å². The third kappa shape index (κ3) is 7.36. The number of hydrogen-bond acceptors (Lipinski definition) is 8. The zero-order chi connectivity index (χ0) is 25.4. The van der Waals surface area contributed by atoms with Crippen LogP contribution in [0, 0.1) is 17.0 Å². The minimum absolute atomic E-state index is 0.0510. The van der Waals surface area contributed by atoms with E-state index < -0.39 is 34.4 Å². The first-order valence-electron chi connectivity index (χ1n) is 10.6. The third-order valence-electron chi connectivity index (χ3n) is 4.51. The number of nitro groups is 1. The van der Waals surface area contributed by atoms with Crippen molar-refractivity contribution in [2.24, 2.45) is 0 Å². The number of nitrogens with zero attached hydrogens (tertiary/aromatic N) is 1. The molecule has 0 radical (unpaired) electrons. The topological polar surface area (TPSA) is 154 Å². The number of nitro benzene ring substituents is 1. The summed E-state index contributed by atoms with van der Waals surface area (Å²) in [6, 6.07) is 9.64. The standard InChI is InChI=1S/C21H28N3O8PS/c1-4-14-31-33(28,32-15-5-2)20(17-8-10-18(11-9-17)24(26)27)22-21(25)23-34(29,30)19-12-6-16(3)7-13-19/h6-13,20H,4-5,14-15H2,1-3H3,(H2,22,23,25). The summed E-state index contributed by atoms with van der Waals surface area (Å²) in [5.41, 5.74) is 0.806. The van der Waals surface area contributed by atoms with E-state index in [1.165, 1.54) is 36.4 Å². The minimum Gasteiger partial charge on any atom is -0.319 e. The Morgan fingerprint density at radius 2 is 1.56 bits per heavy atom. The van der Waals surface area contributed by atoms with E-state index in [0.29, 0.717) is 12.8 Å². The average Bonchev–Trinajstić information content (AvgIpc) is 2.80. The molecule has 11 nitrogen and oxygen atoms in total. The van der Waals surface area contributed by atoms with E-state index >= 15 is 0 Å². The molecule has 0 saturated heterocycles. The van der Waals surface area contributed by atoms with Crippen molar-refractivity contribution in [1.82, 2.24) is 10.0 Å². The van der Waals surface area contributed by atoms with Crippen molar-refractivity contribution in [2.75, 3.05) is 13.2 Å². The second-order valence-electron chi connectivity index (χ2n) is 7.35. The number of carbonyl (C=O) groups excluding carboxylic acids is 1. The molecule has 0 bridgehead atoms. The van der Waals surface area contributed by atoms with Gasteiger partial charge in [-0.15, -0.1) is 0 Å². The number of amides is 2. The first-order valence-corrected chi connectivity index (χ1v) is 13.6. The van der Waals surface area contributed by atoms with Crippen LogP contribution in [0.3, 0.4) is 0 Å². The molecular formula is C21H28N3O8PS. The summed E-state index contributed by atoms with van der Waals surface area (Å²) in [6.07, 6.45) is 1.00. The summed E-state index contributed by atoms with van der Waals surface area (Å²) in [6.45, 7) is 5.47. The maximum absolute atomic E-state index is 13.7. The highest BCUT2D eigenvalue weighted by Crippen LogP contribution is 2.59. The summed E-state index contributed by atoms with van der Waals surface area (Å²) in [5, 5.41) is 13.4. The highest BCUT2D eigenvalue weighted by atomic mass is 32.2. The Morgan fingerprint density at radius 1 is 1.03 bits per heavy atom. The SMILES string of the molecule is CCCOP(=O)(OCCC)C(NC(=O)NS(=O)(=O)c1ccc(C)cc1)c1ccc([N+](=O)[O-])cc1. The Bertz CT molecular complexity index is 1130. The molecule has 2 amide bonds. The van der Waals surface area contributed by atoms with Crippen LogP contribution in [0.5, 0.6) is 0 Å². The van der Waals surface area contributed by atoms with Crippen LogP contribution in [-0.2, 0) is 23.6 Å². The molecule has 0 spiro atoms. The number of benzene rings is 2. The Morgan fingerprint density at radius 3 is 2.03 bits per heavy atom.